The molecule has 4 rings (SSSR count). The van der Waals surface area contributed by atoms with Gasteiger partial charge in [-0.3, -0.25) is 4.79 Å². The molecule has 28 heavy (non-hydrogen) atoms. The Morgan fingerprint density at radius 3 is 2.32 bits per heavy atom. The number of carbonyl (C=O) groups is 1. The number of hydrogen-bond donors (Lipinski definition) is 1. The maximum atomic E-state index is 13.3. The number of piperazine rings is 1. The lowest BCUT2D eigenvalue weighted by molar-refractivity contribution is -0.125. The molecule has 0 bridgehead atoms. The molecule has 2 saturated heterocycles. The molecule has 7 heteroatoms. The van der Waals surface area contributed by atoms with Gasteiger partial charge in [0.1, 0.15) is 0 Å². The van der Waals surface area contributed by atoms with Crippen LogP contribution in [0.25, 0.3) is 0 Å². The van der Waals surface area contributed by atoms with Crippen molar-refractivity contribution >= 4 is 17.5 Å². The van der Waals surface area contributed by atoms with Gasteiger partial charge in [0.2, 0.25) is 11.9 Å². The molecule has 148 valence electrons. The van der Waals surface area contributed by atoms with E-state index in [9.17, 15) is 4.79 Å². The third kappa shape index (κ3) is 3.86. The van der Waals surface area contributed by atoms with Crippen LogP contribution in [0.5, 0.6) is 0 Å². The van der Waals surface area contributed by atoms with Crippen molar-refractivity contribution in [3.05, 3.63) is 48.3 Å². The molecule has 0 radical (unpaired) electrons. The Hall–Kier alpha value is -2.51. The van der Waals surface area contributed by atoms with Crippen molar-refractivity contribution in [2.24, 2.45) is 0 Å². The van der Waals surface area contributed by atoms with Crippen LogP contribution in [0.1, 0.15) is 18.4 Å². The van der Waals surface area contributed by atoms with Gasteiger partial charge in [0.05, 0.1) is 23.5 Å². The van der Waals surface area contributed by atoms with Crippen LogP contribution in [0.4, 0.5) is 11.6 Å². The molecule has 1 aromatic heterocycles. The van der Waals surface area contributed by atoms with Gasteiger partial charge in [0, 0.05) is 39.4 Å². The average molecular weight is 381 g/mol. The molecular weight excluding hydrogens is 354 g/mol. The van der Waals surface area contributed by atoms with Gasteiger partial charge in [-0.15, -0.1) is 0 Å². The smallest absolute Gasteiger partial charge is 0.235 e. The number of likely N-dealkylation sites (N-methyl/N-ethyl adjacent to an activating group) is 1. The second kappa shape index (κ2) is 8.24. The van der Waals surface area contributed by atoms with E-state index >= 15 is 0 Å². The van der Waals surface area contributed by atoms with Crippen molar-refractivity contribution in [1.29, 1.82) is 0 Å². The number of hydrogen-bond acceptors (Lipinski definition) is 6. The minimum atomic E-state index is -0.574. The van der Waals surface area contributed by atoms with E-state index in [1.165, 1.54) is 0 Å². The average Bonchev–Trinajstić information content (AvgIpc) is 2.76. The Labute approximate surface area is 165 Å². The van der Waals surface area contributed by atoms with Gasteiger partial charge in [0.15, 0.2) is 0 Å². The van der Waals surface area contributed by atoms with E-state index in [0.29, 0.717) is 31.7 Å². The molecule has 1 N–H and O–H groups in total. The fourth-order valence-electron chi connectivity index (χ4n) is 3.93. The van der Waals surface area contributed by atoms with Crippen LogP contribution < -0.4 is 10.2 Å². The molecule has 0 saturated carbocycles. The van der Waals surface area contributed by atoms with Gasteiger partial charge in [-0.2, -0.15) is 0 Å². The zero-order valence-electron chi connectivity index (χ0n) is 16.3. The summed E-state index contributed by atoms with van der Waals surface area (Å²) in [6.45, 7) is 5.01. The first kappa shape index (κ1) is 18.8. The van der Waals surface area contributed by atoms with Crippen LogP contribution in [0.2, 0.25) is 0 Å². The van der Waals surface area contributed by atoms with E-state index < -0.39 is 5.41 Å². The lowest BCUT2D eigenvalue weighted by Gasteiger charge is -2.36. The summed E-state index contributed by atoms with van der Waals surface area (Å²) in [6.07, 6.45) is 4.75. The second-order valence-electron chi connectivity index (χ2n) is 7.58. The number of benzene rings is 1. The van der Waals surface area contributed by atoms with Gasteiger partial charge < -0.3 is 19.9 Å². The summed E-state index contributed by atoms with van der Waals surface area (Å²) >= 11 is 0. The van der Waals surface area contributed by atoms with Gasteiger partial charge in [-0.25, -0.2) is 9.97 Å². The summed E-state index contributed by atoms with van der Waals surface area (Å²) in [5.41, 5.74) is 1.09. The van der Waals surface area contributed by atoms with Gasteiger partial charge in [-0.1, -0.05) is 30.3 Å². The molecule has 0 spiro atoms. The van der Waals surface area contributed by atoms with Crippen molar-refractivity contribution in [3.8, 4) is 0 Å². The maximum Gasteiger partial charge on any atom is 0.235 e. The second-order valence-corrected chi connectivity index (χ2v) is 7.58. The van der Waals surface area contributed by atoms with Crippen LogP contribution in [-0.4, -0.2) is 67.2 Å². The number of anilines is 2. The Morgan fingerprint density at radius 1 is 1.04 bits per heavy atom. The number of nitrogens with zero attached hydrogens (tertiary/aromatic N) is 4. The highest BCUT2D eigenvalue weighted by Crippen LogP contribution is 2.36. The summed E-state index contributed by atoms with van der Waals surface area (Å²) < 4.78 is 5.52. The minimum absolute atomic E-state index is 0.0158. The van der Waals surface area contributed by atoms with E-state index in [2.05, 4.69) is 32.1 Å². The molecule has 0 unspecified atom stereocenters. The van der Waals surface area contributed by atoms with Crippen LogP contribution in [0.3, 0.4) is 0 Å². The normalized spacial score (nSPS) is 20.0. The highest BCUT2D eigenvalue weighted by molar-refractivity contribution is 5.99. The Bertz CT molecular complexity index is 782. The highest BCUT2D eigenvalue weighted by Gasteiger charge is 2.41. The van der Waals surface area contributed by atoms with Crippen LogP contribution in [0, 0.1) is 0 Å². The number of nitrogens with one attached hydrogen (secondary N) is 1. The van der Waals surface area contributed by atoms with Gasteiger partial charge in [0.25, 0.3) is 0 Å². The monoisotopic (exact) mass is 381 g/mol. The van der Waals surface area contributed by atoms with Crippen LogP contribution in [-0.2, 0) is 14.9 Å². The molecule has 2 aliphatic heterocycles. The number of amides is 1. The maximum absolute atomic E-state index is 13.3. The number of aromatic nitrogens is 2. The van der Waals surface area contributed by atoms with Gasteiger partial charge in [-0.05, 0) is 25.5 Å². The topological polar surface area (TPSA) is 70.6 Å². The number of carbonyl (C=O) groups excluding carboxylic acids is 1. The van der Waals surface area contributed by atoms with Crippen molar-refractivity contribution in [2.45, 2.75) is 18.3 Å². The SMILES string of the molecule is CN1CCN(c2ncc(NC(=O)C3(c4ccccc4)CCOCC3)cn2)CC1. The lowest BCUT2D eigenvalue weighted by Crippen LogP contribution is -2.45. The Morgan fingerprint density at radius 2 is 1.68 bits per heavy atom. The quantitative estimate of drug-likeness (QED) is 0.873. The zero-order chi connectivity index (χ0) is 19.4. The van der Waals surface area contributed by atoms with Crippen molar-refractivity contribution in [1.82, 2.24) is 14.9 Å². The van der Waals surface area contributed by atoms with Gasteiger partial charge >= 0.3 is 0 Å². The third-order valence-corrected chi connectivity index (χ3v) is 5.79. The zero-order valence-corrected chi connectivity index (χ0v) is 16.3. The molecule has 3 heterocycles. The minimum Gasteiger partial charge on any atom is -0.381 e. The molecule has 1 aromatic carbocycles. The highest BCUT2D eigenvalue weighted by atomic mass is 16.5. The largest absolute Gasteiger partial charge is 0.381 e. The summed E-state index contributed by atoms with van der Waals surface area (Å²) in [4.78, 5) is 26.7. The molecular formula is C21H27N5O2. The van der Waals surface area contributed by atoms with E-state index in [1.807, 2.05) is 30.3 Å². The standard InChI is InChI=1S/C21H27N5O2/c1-25-9-11-26(12-10-25)20-22-15-18(16-23-20)24-19(27)21(7-13-28-14-8-21)17-5-3-2-4-6-17/h2-6,15-16H,7-14H2,1H3,(H,24,27). The molecule has 0 aliphatic carbocycles. The first-order valence-corrected chi connectivity index (χ1v) is 9.88. The Kier molecular flexibility index (Phi) is 5.54. The van der Waals surface area contributed by atoms with Crippen molar-refractivity contribution in [3.63, 3.8) is 0 Å². The fourth-order valence-corrected chi connectivity index (χ4v) is 3.93. The molecule has 2 aromatic rings. The predicted octanol–water partition coefficient (Wildman–Crippen LogP) is 1.92. The summed E-state index contributed by atoms with van der Waals surface area (Å²) in [7, 11) is 2.12. The Balaban J connectivity index is 1.48. The summed E-state index contributed by atoms with van der Waals surface area (Å²) in [5.74, 6) is 0.702. The van der Waals surface area contributed by atoms with Crippen molar-refractivity contribution < 1.29 is 9.53 Å². The summed E-state index contributed by atoms with van der Waals surface area (Å²) in [5, 5.41) is 3.04. The molecule has 1 amide bonds. The molecule has 2 fully saturated rings. The number of ether oxygens (including phenoxy) is 1. The predicted molar refractivity (Wildman–Crippen MR) is 109 cm³/mol. The van der Waals surface area contributed by atoms with E-state index in [0.717, 1.165) is 37.7 Å². The van der Waals surface area contributed by atoms with Crippen LogP contribution >= 0.6 is 0 Å². The van der Waals surface area contributed by atoms with E-state index in [-0.39, 0.29) is 5.91 Å². The van der Waals surface area contributed by atoms with E-state index in [4.69, 9.17) is 4.74 Å². The fraction of sp³-hybridized carbons (Fsp3) is 0.476. The van der Waals surface area contributed by atoms with E-state index in [1.54, 1.807) is 12.4 Å². The lowest BCUT2D eigenvalue weighted by atomic mass is 9.73. The molecule has 2 aliphatic rings. The number of rotatable bonds is 4. The first-order valence-electron chi connectivity index (χ1n) is 9.88. The molecule has 0 atom stereocenters. The third-order valence-electron chi connectivity index (χ3n) is 5.79. The molecule has 7 nitrogen and oxygen atoms in total. The first-order chi connectivity index (χ1) is 13.7. The summed E-state index contributed by atoms with van der Waals surface area (Å²) in [6, 6.07) is 9.98. The van der Waals surface area contributed by atoms with Crippen LogP contribution in [0.15, 0.2) is 42.7 Å². The van der Waals surface area contributed by atoms with Crippen molar-refractivity contribution in [2.75, 3.05) is 56.7 Å².